The molecule has 0 N–H and O–H groups in total. The Morgan fingerprint density at radius 3 is 2.27 bits per heavy atom. The van der Waals surface area contributed by atoms with Crippen LogP contribution in [0.2, 0.25) is 0 Å². The molecule has 0 spiro atoms. The lowest BCUT2D eigenvalue weighted by molar-refractivity contribution is -0.0196. The van der Waals surface area contributed by atoms with Crippen LogP contribution in [-0.2, 0) is 4.74 Å². The lowest BCUT2D eigenvalue weighted by atomic mass is 10.1. The summed E-state index contributed by atoms with van der Waals surface area (Å²) in [4.78, 5) is 1.47. The molecule has 1 aromatic carbocycles. The van der Waals surface area contributed by atoms with Gasteiger partial charge in [-0.3, -0.25) is 0 Å². The fraction of sp³-hybridized carbons (Fsp3) is 0.538. The molecule has 1 aromatic rings. The van der Waals surface area contributed by atoms with Crippen LogP contribution in [0.25, 0.3) is 0 Å². The molecule has 15 heavy (non-hydrogen) atoms. The molecule has 2 heteroatoms. The molecule has 0 radical (unpaired) electrons. The Labute approximate surface area is 96.2 Å². The highest BCUT2D eigenvalue weighted by Crippen LogP contribution is 2.30. The van der Waals surface area contributed by atoms with Gasteiger partial charge in [0.25, 0.3) is 0 Å². The van der Waals surface area contributed by atoms with Crippen molar-refractivity contribution in [2.24, 2.45) is 5.92 Å². The Kier molecular flexibility index (Phi) is 3.37. The first-order valence-electron chi connectivity index (χ1n) is 5.45. The molecule has 0 aromatic heterocycles. The van der Waals surface area contributed by atoms with E-state index in [1.54, 1.807) is 0 Å². The fourth-order valence-electron chi connectivity index (χ4n) is 1.98. The summed E-state index contributed by atoms with van der Waals surface area (Å²) in [5.41, 5.74) is 4.19. The van der Waals surface area contributed by atoms with Crippen molar-refractivity contribution < 1.29 is 4.74 Å². The van der Waals surface area contributed by atoms with Crippen molar-refractivity contribution in [3.8, 4) is 0 Å². The molecule has 1 fully saturated rings. The number of rotatable bonds is 3. The molecule has 0 atom stereocenters. The van der Waals surface area contributed by atoms with E-state index in [1.165, 1.54) is 27.3 Å². The number of ether oxygens (including phenoxy) is 1. The topological polar surface area (TPSA) is 9.23 Å². The Morgan fingerprint density at radius 1 is 1.20 bits per heavy atom. The van der Waals surface area contributed by atoms with Crippen LogP contribution in [0.15, 0.2) is 17.0 Å². The van der Waals surface area contributed by atoms with E-state index in [0.717, 1.165) is 19.1 Å². The largest absolute Gasteiger partial charge is 0.381 e. The molecule has 82 valence electrons. The van der Waals surface area contributed by atoms with Gasteiger partial charge in [-0.05, 0) is 31.9 Å². The van der Waals surface area contributed by atoms with Crippen LogP contribution >= 0.6 is 11.8 Å². The van der Waals surface area contributed by atoms with Crippen molar-refractivity contribution in [1.29, 1.82) is 0 Å². The zero-order chi connectivity index (χ0) is 10.8. The number of hydrogen-bond acceptors (Lipinski definition) is 2. The second kappa shape index (κ2) is 4.58. The van der Waals surface area contributed by atoms with Gasteiger partial charge in [0.1, 0.15) is 0 Å². The van der Waals surface area contributed by atoms with Gasteiger partial charge in [-0.15, -0.1) is 11.8 Å². The molecule has 1 aliphatic heterocycles. The molecule has 0 unspecified atom stereocenters. The summed E-state index contributed by atoms with van der Waals surface area (Å²) in [5, 5.41) is 0. The molecule has 1 nitrogen and oxygen atoms in total. The summed E-state index contributed by atoms with van der Waals surface area (Å²) in [6.07, 6.45) is 0. The van der Waals surface area contributed by atoms with E-state index in [4.69, 9.17) is 4.74 Å². The van der Waals surface area contributed by atoms with E-state index in [-0.39, 0.29) is 0 Å². The van der Waals surface area contributed by atoms with Crippen LogP contribution in [0.1, 0.15) is 16.7 Å². The minimum absolute atomic E-state index is 0.773. The van der Waals surface area contributed by atoms with Crippen molar-refractivity contribution in [1.82, 2.24) is 0 Å². The van der Waals surface area contributed by atoms with Gasteiger partial charge in [-0.1, -0.05) is 17.7 Å². The summed E-state index contributed by atoms with van der Waals surface area (Å²) in [7, 11) is 0. The number of hydrogen-bond donors (Lipinski definition) is 0. The summed E-state index contributed by atoms with van der Waals surface area (Å²) in [6.45, 7) is 8.49. The minimum atomic E-state index is 0.773. The zero-order valence-electron chi connectivity index (χ0n) is 9.67. The Morgan fingerprint density at radius 2 is 1.80 bits per heavy atom. The standard InChI is InChI=1S/C13H18OS/c1-9-4-10(2)13(11(3)5-9)15-8-12-6-14-7-12/h4-5,12H,6-8H2,1-3H3. The molecule has 0 amide bonds. The molecule has 2 rings (SSSR count). The zero-order valence-corrected chi connectivity index (χ0v) is 10.5. The maximum Gasteiger partial charge on any atom is 0.0524 e. The van der Waals surface area contributed by atoms with E-state index in [1.807, 2.05) is 11.8 Å². The minimum Gasteiger partial charge on any atom is -0.381 e. The number of thioether (sulfide) groups is 1. The Bertz CT molecular complexity index is 333. The number of benzene rings is 1. The SMILES string of the molecule is Cc1cc(C)c(SCC2COC2)c(C)c1. The Hall–Kier alpha value is -0.470. The highest BCUT2D eigenvalue weighted by Gasteiger charge is 2.19. The predicted molar refractivity (Wildman–Crippen MR) is 65.7 cm³/mol. The second-order valence-electron chi connectivity index (χ2n) is 4.44. The fourth-order valence-corrected chi connectivity index (χ4v) is 3.14. The van der Waals surface area contributed by atoms with Gasteiger partial charge >= 0.3 is 0 Å². The van der Waals surface area contributed by atoms with Crippen molar-refractivity contribution in [3.05, 3.63) is 28.8 Å². The lowest BCUT2D eigenvalue weighted by Crippen LogP contribution is -2.29. The summed E-state index contributed by atoms with van der Waals surface area (Å²) in [6, 6.07) is 4.54. The third-order valence-electron chi connectivity index (χ3n) is 2.78. The van der Waals surface area contributed by atoms with E-state index in [2.05, 4.69) is 32.9 Å². The quantitative estimate of drug-likeness (QED) is 0.725. The second-order valence-corrected chi connectivity index (χ2v) is 5.47. The molecule has 1 heterocycles. The smallest absolute Gasteiger partial charge is 0.0524 e. The van der Waals surface area contributed by atoms with Crippen molar-refractivity contribution >= 4 is 11.8 Å². The van der Waals surface area contributed by atoms with E-state index in [0.29, 0.717) is 0 Å². The van der Waals surface area contributed by atoms with Gasteiger partial charge in [0.15, 0.2) is 0 Å². The Balaban J connectivity index is 2.05. The molecule has 1 saturated heterocycles. The molecular weight excluding hydrogens is 204 g/mol. The molecule has 0 bridgehead atoms. The maximum atomic E-state index is 5.19. The highest BCUT2D eigenvalue weighted by molar-refractivity contribution is 7.99. The third-order valence-corrected chi connectivity index (χ3v) is 4.35. The van der Waals surface area contributed by atoms with Gasteiger partial charge in [-0.2, -0.15) is 0 Å². The first-order chi connectivity index (χ1) is 7.16. The van der Waals surface area contributed by atoms with Crippen molar-refractivity contribution in [2.75, 3.05) is 19.0 Å². The normalized spacial score (nSPS) is 16.5. The van der Waals surface area contributed by atoms with E-state index < -0.39 is 0 Å². The van der Waals surface area contributed by atoms with Gasteiger partial charge in [-0.25, -0.2) is 0 Å². The van der Waals surface area contributed by atoms with E-state index >= 15 is 0 Å². The van der Waals surface area contributed by atoms with Gasteiger partial charge in [0.2, 0.25) is 0 Å². The maximum absolute atomic E-state index is 5.19. The average molecular weight is 222 g/mol. The summed E-state index contributed by atoms with van der Waals surface area (Å²) in [5.74, 6) is 1.97. The first kappa shape index (κ1) is 11.0. The first-order valence-corrected chi connectivity index (χ1v) is 6.44. The van der Waals surface area contributed by atoms with Gasteiger partial charge in [0.05, 0.1) is 13.2 Å². The average Bonchev–Trinajstić information content (AvgIpc) is 2.06. The highest BCUT2D eigenvalue weighted by atomic mass is 32.2. The molecule has 0 saturated carbocycles. The number of aryl methyl sites for hydroxylation is 3. The predicted octanol–water partition coefficient (Wildman–Crippen LogP) is 3.35. The van der Waals surface area contributed by atoms with Crippen LogP contribution in [0.5, 0.6) is 0 Å². The van der Waals surface area contributed by atoms with Gasteiger partial charge < -0.3 is 4.74 Å². The summed E-state index contributed by atoms with van der Waals surface area (Å²) < 4.78 is 5.19. The van der Waals surface area contributed by atoms with Crippen LogP contribution < -0.4 is 0 Å². The monoisotopic (exact) mass is 222 g/mol. The van der Waals surface area contributed by atoms with Crippen molar-refractivity contribution in [3.63, 3.8) is 0 Å². The molecular formula is C13H18OS. The lowest BCUT2D eigenvalue weighted by Gasteiger charge is -2.26. The molecule has 1 aliphatic rings. The van der Waals surface area contributed by atoms with Crippen molar-refractivity contribution in [2.45, 2.75) is 25.7 Å². The van der Waals surface area contributed by atoms with Crippen LogP contribution in [-0.4, -0.2) is 19.0 Å². The van der Waals surface area contributed by atoms with Crippen LogP contribution in [0.3, 0.4) is 0 Å². The van der Waals surface area contributed by atoms with Gasteiger partial charge in [0, 0.05) is 16.6 Å². The van der Waals surface area contributed by atoms with Crippen LogP contribution in [0.4, 0.5) is 0 Å². The van der Waals surface area contributed by atoms with E-state index in [9.17, 15) is 0 Å². The third kappa shape index (κ3) is 2.56. The molecule has 0 aliphatic carbocycles. The summed E-state index contributed by atoms with van der Waals surface area (Å²) >= 11 is 1.99. The van der Waals surface area contributed by atoms with Crippen LogP contribution in [0, 0.1) is 26.7 Å².